The van der Waals surface area contributed by atoms with E-state index in [-0.39, 0.29) is 5.91 Å². The summed E-state index contributed by atoms with van der Waals surface area (Å²) >= 11 is 2.89. The van der Waals surface area contributed by atoms with Gasteiger partial charge in [0.25, 0.3) is 0 Å². The lowest BCUT2D eigenvalue weighted by atomic mass is 10.3. The molecule has 0 spiro atoms. The van der Waals surface area contributed by atoms with Crippen LogP contribution in [0, 0.1) is 0 Å². The molecule has 3 rings (SSSR count). The van der Waals surface area contributed by atoms with E-state index in [4.69, 9.17) is 0 Å². The standard InChI is InChI=1S/C16H19N5OS2/c1-3-9-21-13(4-2)19-20-16(21)23-10-14(22)18-15-17-11-7-5-6-8-12(11)24-15/h5-8H,3-4,9-10H2,1-2H3,(H,17,18,22). The van der Waals surface area contributed by atoms with Crippen LogP contribution in [0.1, 0.15) is 26.1 Å². The van der Waals surface area contributed by atoms with Crippen molar-refractivity contribution in [3.05, 3.63) is 30.1 Å². The summed E-state index contributed by atoms with van der Waals surface area (Å²) < 4.78 is 3.16. The zero-order valence-electron chi connectivity index (χ0n) is 13.7. The van der Waals surface area contributed by atoms with E-state index < -0.39 is 0 Å². The van der Waals surface area contributed by atoms with Gasteiger partial charge in [-0.05, 0) is 18.6 Å². The highest BCUT2D eigenvalue weighted by atomic mass is 32.2. The summed E-state index contributed by atoms with van der Waals surface area (Å²) in [6.45, 7) is 5.05. The van der Waals surface area contributed by atoms with E-state index in [2.05, 4.69) is 38.9 Å². The number of rotatable bonds is 7. The first-order chi connectivity index (χ1) is 11.7. The van der Waals surface area contributed by atoms with E-state index in [1.54, 1.807) is 0 Å². The topological polar surface area (TPSA) is 72.7 Å². The molecule has 0 saturated carbocycles. The molecule has 0 radical (unpaired) electrons. The molecule has 8 heteroatoms. The quantitative estimate of drug-likeness (QED) is 0.651. The van der Waals surface area contributed by atoms with Crippen LogP contribution in [0.2, 0.25) is 0 Å². The summed E-state index contributed by atoms with van der Waals surface area (Å²) in [4.78, 5) is 16.6. The third kappa shape index (κ3) is 3.76. The zero-order valence-corrected chi connectivity index (χ0v) is 15.3. The second-order valence-electron chi connectivity index (χ2n) is 5.23. The van der Waals surface area contributed by atoms with E-state index in [1.807, 2.05) is 24.3 Å². The van der Waals surface area contributed by atoms with Crippen LogP contribution >= 0.6 is 23.1 Å². The lowest BCUT2D eigenvalue weighted by Crippen LogP contribution is -2.14. The van der Waals surface area contributed by atoms with Crippen molar-refractivity contribution in [1.82, 2.24) is 19.7 Å². The Hall–Kier alpha value is -1.93. The normalized spacial score (nSPS) is 11.1. The molecule has 0 aliphatic carbocycles. The number of nitrogens with zero attached hydrogens (tertiary/aromatic N) is 4. The number of aryl methyl sites for hydroxylation is 1. The molecule has 2 heterocycles. The van der Waals surface area contributed by atoms with Crippen LogP contribution in [0.25, 0.3) is 10.2 Å². The molecule has 0 fully saturated rings. The smallest absolute Gasteiger partial charge is 0.236 e. The van der Waals surface area contributed by atoms with Crippen LogP contribution in [0.4, 0.5) is 5.13 Å². The molecule has 6 nitrogen and oxygen atoms in total. The molecule has 0 unspecified atom stereocenters. The maximum absolute atomic E-state index is 12.2. The molecule has 24 heavy (non-hydrogen) atoms. The predicted molar refractivity (Wildman–Crippen MR) is 98.7 cm³/mol. The number of carbonyl (C=O) groups excluding carboxylic acids is 1. The van der Waals surface area contributed by atoms with Crippen LogP contribution < -0.4 is 5.32 Å². The average molecular weight is 361 g/mol. The second kappa shape index (κ2) is 7.76. The SMILES string of the molecule is CCCn1c(CC)nnc1SCC(=O)Nc1nc2ccccc2s1. The van der Waals surface area contributed by atoms with Crippen LogP contribution in [-0.2, 0) is 17.8 Å². The number of anilines is 1. The van der Waals surface area contributed by atoms with E-state index in [1.165, 1.54) is 23.1 Å². The van der Waals surface area contributed by atoms with Crippen molar-refractivity contribution in [2.75, 3.05) is 11.1 Å². The Morgan fingerprint density at radius 2 is 2.12 bits per heavy atom. The molecule has 0 atom stereocenters. The Bertz CT molecular complexity index is 809. The second-order valence-corrected chi connectivity index (χ2v) is 7.20. The van der Waals surface area contributed by atoms with Crippen molar-refractivity contribution in [3.63, 3.8) is 0 Å². The summed E-state index contributed by atoms with van der Waals surface area (Å²) in [6.07, 6.45) is 1.85. The number of thiazole rings is 1. The minimum atomic E-state index is -0.0804. The van der Waals surface area contributed by atoms with Gasteiger partial charge in [-0.2, -0.15) is 0 Å². The minimum absolute atomic E-state index is 0.0804. The van der Waals surface area contributed by atoms with E-state index >= 15 is 0 Å². The Balaban J connectivity index is 1.62. The van der Waals surface area contributed by atoms with Crippen LogP contribution in [0.5, 0.6) is 0 Å². The van der Waals surface area contributed by atoms with Crippen molar-refractivity contribution < 1.29 is 4.79 Å². The van der Waals surface area contributed by atoms with Crippen molar-refractivity contribution in [1.29, 1.82) is 0 Å². The van der Waals surface area contributed by atoms with Crippen molar-refractivity contribution in [3.8, 4) is 0 Å². The lowest BCUT2D eigenvalue weighted by Gasteiger charge is -2.07. The van der Waals surface area contributed by atoms with Gasteiger partial charge in [0, 0.05) is 13.0 Å². The van der Waals surface area contributed by atoms with Gasteiger partial charge in [-0.1, -0.05) is 49.1 Å². The summed E-state index contributed by atoms with van der Waals surface area (Å²) in [6, 6.07) is 7.84. The fraction of sp³-hybridized carbons (Fsp3) is 0.375. The number of para-hydroxylation sites is 1. The van der Waals surface area contributed by atoms with Gasteiger partial charge >= 0.3 is 0 Å². The van der Waals surface area contributed by atoms with E-state index in [9.17, 15) is 4.79 Å². The van der Waals surface area contributed by atoms with E-state index in [0.717, 1.165) is 40.6 Å². The largest absolute Gasteiger partial charge is 0.306 e. The molecular formula is C16H19N5OS2. The van der Waals surface area contributed by atoms with Crippen molar-refractivity contribution in [2.45, 2.75) is 38.4 Å². The van der Waals surface area contributed by atoms with Gasteiger partial charge in [0.05, 0.1) is 16.0 Å². The molecule has 0 aliphatic heterocycles. The zero-order chi connectivity index (χ0) is 16.9. The Morgan fingerprint density at radius 3 is 2.88 bits per heavy atom. The van der Waals surface area contributed by atoms with E-state index in [0.29, 0.717) is 10.9 Å². The Morgan fingerprint density at radius 1 is 1.29 bits per heavy atom. The van der Waals surface area contributed by atoms with Crippen molar-refractivity contribution in [2.24, 2.45) is 0 Å². The van der Waals surface area contributed by atoms with Crippen LogP contribution in [0.3, 0.4) is 0 Å². The third-order valence-electron chi connectivity index (χ3n) is 3.43. The summed E-state index contributed by atoms with van der Waals surface area (Å²) in [5.74, 6) is 1.18. The first-order valence-electron chi connectivity index (χ1n) is 7.91. The molecule has 0 bridgehead atoms. The number of amides is 1. The molecule has 126 valence electrons. The highest BCUT2D eigenvalue weighted by Crippen LogP contribution is 2.26. The fourth-order valence-electron chi connectivity index (χ4n) is 2.35. The predicted octanol–water partition coefficient (Wildman–Crippen LogP) is 3.59. The number of aromatic nitrogens is 4. The van der Waals surface area contributed by atoms with Gasteiger partial charge in [-0.3, -0.25) is 4.79 Å². The number of thioether (sulfide) groups is 1. The molecule has 1 amide bonds. The molecule has 0 saturated heterocycles. The van der Waals surface area contributed by atoms with Gasteiger partial charge in [-0.15, -0.1) is 10.2 Å². The first kappa shape index (κ1) is 16.9. The van der Waals surface area contributed by atoms with Crippen LogP contribution in [0.15, 0.2) is 29.4 Å². The fourth-order valence-corrected chi connectivity index (χ4v) is 4.01. The van der Waals surface area contributed by atoms with Gasteiger partial charge < -0.3 is 9.88 Å². The number of hydrogen-bond acceptors (Lipinski definition) is 6. The maximum atomic E-state index is 12.2. The highest BCUT2D eigenvalue weighted by Gasteiger charge is 2.13. The summed E-state index contributed by atoms with van der Waals surface area (Å²) in [5.41, 5.74) is 0.903. The molecule has 1 aromatic carbocycles. The molecule has 1 N–H and O–H groups in total. The number of nitrogens with one attached hydrogen (secondary N) is 1. The highest BCUT2D eigenvalue weighted by molar-refractivity contribution is 7.99. The van der Waals surface area contributed by atoms with Crippen LogP contribution in [-0.4, -0.2) is 31.4 Å². The lowest BCUT2D eigenvalue weighted by molar-refractivity contribution is -0.113. The summed E-state index contributed by atoms with van der Waals surface area (Å²) in [7, 11) is 0. The molecular weight excluding hydrogens is 342 g/mol. The van der Waals surface area contributed by atoms with Gasteiger partial charge in [0.15, 0.2) is 10.3 Å². The number of benzene rings is 1. The van der Waals surface area contributed by atoms with Gasteiger partial charge in [0.2, 0.25) is 5.91 Å². The average Bonchev–Trinajstić information content (AvgIpc) is 3.16. The first-order valence-corrected chi connectivity index (χ1v) is 9.71. The number of carbonyl (C=O) groups is 1. The minimum Gasteiger partial charge on any atom is -0.306 e. The number of hydrogen-bond donors (Lipinski definition) is 1. The molecule has 2 aromatic heterocycles. The Kier molecular flexibility index (Phi) is 5.47. The molecule has 0 aliphatic rings. The number of fused-ring (bicyclic) bond motifs is 1. The molecule has 3 aromatic rings. The maximum Gasteiger partial charge on any atom is 0.236 e. The Labute approximate surface area is 148 Å². The monoisotopic (exact) mass is 361 g/mol. The third-order valence-corrected chi connectivity index (χ3v) is 5.35. The van der Waals surface area contributed by atoms with Crippen molar-refractivity contribution >= 4 is 44.4 Å². The van der Waals surface area contributed by atoms with Gasteiger partial charge in [0.1, 0.15) is 5.82 Å². The summed E-state index contributed by atoms with van der Waals surface area (Å²) in [5, 5.41) is 12.7. The van der Waals surface area contributed by atoms with Gasteiger partial charge in [-0.25, -0.2) is 4.98 Å².